The van der Waals surface area contributed by atoms with Gasteiger partial charge in [0.25, 0.3) is 11.8 Å². The number of amides is 2. The van der Waals surface area contributed by atoms with Crippen molar-refractivity contribution in [1.29, 1.82) is 0 Å². The molecule has 1 N–H and O–H groups in total. The van der Waals surface area contributed by atoms with Gasteiger partial charge in [0.1, 0.15) is 16.4 Å². The molecule has 1 aliphatic heterocycles. The van der Waals surface area contributed by atoms with Gasteiger partial charge in [-0.3, -0.25) is 14.5 Å². The number of hydrogen-bond acceptors (Lipinski definition) is 7. The van der Waals surface area contributed by atoms with Crippen molar-refractivity contribution in [2.75, 3.05) is 19.0 Å². The number of carbonyl (C=O) groups is 2. The van der Waals surface area contributed by atoms with Crippen LogP contribution in [0.3, 0.4) is 0 Å². The molecule has 0 spiro atoms. The Labute approximate surface area is 196 Å². The largest absolute Gasteiger partial charge is 0.497 e. The van der Waals surface area contributed by atoms with Crippen molar-refractivity contribution >= 4 is 29.3 Å². The number of aromatic nitrogens is 2. The van der Waals surface area contributed by atoms with Crippen molar-refractivity contribution in [1.82, 2.24) is 14.9 Å². The summed E-state index contributed by atoms with van der Waals surface area (Å²) in [6.07, 6.45) is 0.576. The minimum absolute atomic E-state index is 0.228. The second kappa shape index (κ2) is 9.87. The summed E-state index contributed by atoms with van der Waals surface area (Å²) in [5, 5.41) is 3.57. The van der Waals surface area contributed by atoms with Gasteiger partial charge in [-0.15, -0.1) is 0 Å². The quantitative estimate of drug-likeness (QED) is 0.400. The average Bonchev–Trinajstić information content (AvgIpc) is 3.02. The van der Waals surface area contributed by atoms with Crippen LogP contribution >= 0.6 is 11.8 Å². The van der Waals surface area contributed by atoms with Crippen LogP contribution in [-0.4, -0.2) is 40.3 Å². The summed E-state index contributed by atoms with van der Waals surface area (Å²) in [5.41, 5.74) is 3.56. The number of aryl methyl sites for hydroxylation is 2. The maximum atomic E-state index is 13.3. The van der Waals surface area contributed by atoms with Crippen LogP contribution in [0.15, 0.2) is 76.4 Å². The Morgan fingerprint density at radius 1 is 0.939 bits per heavy atom. The fraction of sp³-hybridized carbons (Fsp3) is 0.200. The second-order valence-corrected chi connectivity index (χ2v) is 8.57. The molecule has 2 aromatic carbocycles. The Balaban J connectivity index is 1.63. The minimum Gasteiger partial charge on any atom is -0.497 e. The third-order valence-electron chi connectivity index (χ3n) is 5.11. The highest BCUT2D eigenvalue weighted by atomic mass is 32.2. The zero-order chi connectivity index (χ0) is 23.4. The van der Waals surface area contributed by atoms with Crippen molar-refractivity contribution in [2.24, 2.45) is 0 Å². The molecule has 7 nitrogen and oxygen atoms in total. The summed E-state index contributed by atoms with van der Waals surface area (Å²) in [5.74, 6) is -0.00981. The van der Waals surface area contributed by atoms with Crippen molar-refractivity contribution in [3.8, 4) is 5.75 Å². The minimum atomic E-state index is -0.362. The van der Waals surface area contributed by atoms with E-state index in [2.05, 4.69) is 15.3 Å². The van der Waals surface area contributed by atoms with Crippen LogP contribution in [0.5, 0.6) is 5.75 Å². The molecule has 1 aromatic heterocycles. The lowest BCUT2D eigenvalue weighted by atomic mass is 10.1. The normalized spacial score (nSPS) is 13.6. The Bertz CT molecular complexity index is 1190. The van der Waals surface area contributed by atoms with E-state index in [0.29, 0.717) is 23.0 Å². The number of benzene rings is 2. The molecule has 0 atom stereocenters. The lowest BCUT2D eigenvalue weighted by molar-refractivity contribution is -0.137. The van der Waals surface area contributed by atoms with Crippen LogP contribution < -0.4 is 10.1 Å². The molecule has 3 aromatic rings. The Hall–Kier alpha value is -3.65. The molecular weight excluding hydrogens is 436 g/mol. The number of nitrogens with zero attached hydrogens (tertiary/aromatic N) is 3. The van der Waals surface area contributed by atoms with Crippen LogP contribution in [0.4, 0.5) is 5.69 Å². The highest BCUT2D eigenvalue weighted by molar-refractivity contribution is 8.04. The fourth-order valence-corrected chi connectivity index (χ4v) is 4.50. The van der Waals surface area contributed by atoms with E-state index in [9.17, 15) is 9.59 Å². The van der Waals surface area contributed by atoms with Gasteiger partial charge in [-0.05, 0) is 67.9 Å². The van der Waals surface area contributed by atoms with Gasteiger partial charge in [0.15, 0.2) is 5.16 Å². The first-order valence-corrected chi connectivity index (χ1v) is 11.3. The molecule has 1 aliphatic rings. The van der Waals surface area contributed by atoms with E-state index in [4.69, 9.17) is 4.74 Å². The van der Waals surface area contributed by atoms with Crippen molar-refractivity contribution in [2.45, 2.75) is 25.4 Å². The molecule has 0 bridgehead atoms. The number of anilines is 1. The Morgan fingerprint density at radius 3 is 2.24 bits per heavy atom. The summed E-state index contributed by atoms with van der Waals surface area (Å²) in [6.45, 7) is 4.03. The number of imide groups is 1. The summed E-state index contributed by atoms with van der Waals surface area (Å²) in [7, 11) is 1.59. The highest BCUT2D eigenvalue weighted by Crippen LogP contribution is 2.34. The molecule has 2 heterocycles. The number of ether oxygens (including phenoxy) is 1. The highest BCUT2D eigenvalue weighted by Gasteiger charge is 2.39. The van der Waals surface area contributed by atoms with Gasteiger partial charge in [-0.2, -0.15) is 0 Å². The summed E-state index contributed by atoms with van der Waals surface area (Å²) in [4.78, 5) is 37.1. The smallest absolute Gasteiger partial charge is 0.278 e. The van der Waals surface area contributed by atoms with E-state index >= 15 is 0 Å². The molecule has 0 fully saturated rings. The third kappa shape index (κ3) is 5.23. The molecule has 0 aliphatic carbocycles. The fourth-order valence-electron chi connectivity index (χ4n) is 3.50. The number of nitrogens with one attached hydrogen (secondary N) is 1. The first-order chi connectivity index (χ1) is 15.9. The molecule has 168 valence electrons. The first-order valence-electron chi connectivity index (χ1n) is 10.5. The second-order valence-electron chi connectivity index (χ2n) is 7.59. The number of hydrogen-bond donors (Lipinski definition) is 1. The summed E-state index contributed by atoms with van der Waals surface area (Å²) in [6, 6.07) is 18.8. The number of carbonyl (C=O) groups excluding carboxylic acids is 2. The standard InChI is InChI=1S/C25H24N4O3S/c1-16-15-17(2)27-25(26-16)33-22-21(28-19-9-11-20(32-3)12-10-19)23(30)29(24(22)31)14-13-18-7-5-4-6-8-18/h4-12,15,28H,13-14H2,1-3H3. The predicted molar refractivity (Wildman–Crippen MR) is 128 cm³/mol. The topological polar surface area (TPSA) is 84.4 Å². The molecule has 33 heavy (non-hydrogen) atoms. The lowest BCUT2D eigenvalue weighted by Gasteiger charge is -2.15. The maximum absolute atomic E-state index is 13.3. The Morgan fingerprint density at radius 2 is 1.61 bits per heavy atom. The molecule has 0 saturated carbocycles. The average molecular weight is 461 g/mol. The van der Waals surface area contributed by atoms with Gasteiger partial charge >= 0.3 is 0 Å². The first kappa shape index (κ1) is 22.5. The number of thioether (sulfide) groups is 1. The van der Waals surface area contributed by atoms with E-state index in [1.807, 2.05) is 50.2 Å². The van der Waals surface area contributed by atoms with Crippen molar-refractivity contribution in [3.05, 3.63) is 88.2 Å². The molecule has 0 radical (unpaired) electrons. The summed E-state index contributed by atoms with van der Waals surface area (Å²) < 4.78 is 5.20. The van der Waals surface area contributed by atoms with Gasteiger partial charge in [0.05, 0.1) is 7.11 Å². The zero-order valence-corrected chi connectivity index (χ0v) is 19.5. The molecule has 8 heteroatoms. The van der Waals surface area contributed by atoms with Crippen molar-refractivity contribution in [3.63, 3.8) is 0 Å². The van der Waals surface area contributed by atoms with Gasteiger partial charge < -0.3 is 10.1 Å². The van der Waals surface area contributed by atoms with Gasteiger partial charge in [0, 0.05) is 23.6 Å². The van der Waals surface area contributed by atoms with Crippen molar-refractivity contribution < 1.29 is 14.3 Å². The SMILES string of the molecule is COc1ccc(NC2=C(Sc3nc(C)cc(C)n3)C(=O)N(CCc3ccccc3)C2=O)cc1. The third-order valence-corrected chi connectivity index (χ3v) is 6.05. The van der Waals surface area contributed by atoms with E-state index in [-0.39, 0.29) is 29.0 Å². The Kier molecular flexibility index (Phi) is 6.74. The summed E-state index contributed by atoms with van der Waals surface area (Å²) >= 11 is 1.11. The van der Waals surface area contributed by atoms with Gasteiger partial charge in [-0.25, -0.2) is 9.97 Å². The molecule has 0 saturated heterocycles. The molecule has 0 unspecified atom stereocenters. The van der Waals surface area contributed by atoms with Crippen LogP contribution in [0.2, 0.25) is 0 Å². The molecular formula is C25H24N4O3S. The van der Waals surface area contributed by atoms with Gasteiger partial charge in [0.2, 0.25) is 0 Å². The van der Waals surface area contributed by atoms with Crippen LogP contribution in [-0.2, 0) is 16.0 Å². The number of rotatable bonds is 8. The zero-order valence-electron chi connectivity index (χ0n) is 18.7. The van der Waals surface area contributed by atoms with Gasteiger partial charge in [-0.1, -0.05) is 30.3 Å². The van der Waals surface area contributed by atoms with E-state index in [1.165, 1.54) is 4.90 Å². The molecule has 4 rings (SSSR count). The van der Waals surface area contributed by atoms with E-state index in [1.54, 1.807) is 31.4 Å². The van der Waals surface area contributed by atoms with Crippen LogP contribution in [0.25, 0.3) is 0 Å². The number of methoxy groups -OCH3 is 1. The van der Waals surface area contributed by atoms with Crippen LogP contribution in [0, 0.1) is 13.8 Å². The van der Waals surface area contributed by atoms with E-state index < -0.39 is 0 Å². The predicted octanol–water partition coefficient (Wildman–Crippen LogP) is 4.13. The maximum Gasteiger partial charge on any atom is 0.278 e. The monoisotopic (exact) mass is 460 g/mol. The molecule has 2 amide bonds. The van der Waals surface area contributed by atoms with E-state index in [0.717, 1.165) is 28.7 Å². The lowest BCUT2D eigenvalue weighted by Crippen LogP contribution is -2.34. The van der Waals surface area contributed by atoms with Crippen LogP contribution in [0.1, 0.15) is 17.0 Å².